The zero-order valence-corrected chi connectivity index (χ0v) is 12.3. The molecule has 3 N–H and O–H groups in total. The highest BCUT2D eigenvalue weighted by Crippen LogP contribution is 2.23. The van der Waals surface area contributed by atoms with Crippen LogP contribution < -0.4 is 10.6 Å². The minimum Gasteiger partial charge on any atom is -0.478 e. The molecule has 6 nitrogen and oxygen atoms in total. The van der Waals surface area contributed by atoms with Crippen molar-refractivity contribution in [1.82, 2.24) is 10.2 Å². The van der Waals surface area contributed by atoms with E-state index >= 15 is 0 Å². The summed E-state index contributed by atoms with van der Waals surface area (Å²) in [5.41, 5.74) is 0.524. The summed E-state index contributed by atoms with van der Waals surface area (Å²) in [6.45, 7) is 3.87. The van der Waals surface area contributed by atoms with Crippen LogP contribution >= 0.6 is 11.6 Å². The highest BCUT2D eigenvalue weighted by Gasteiger charge is 2.14. The number of nitrogens with zero attached hydrogens (tertiary/aromatic N) is 1. The van der Waals surface area contributed by atoms with Gasteiger partial charge in [0.2, 0.25) is 5.91 Å². The number of carboxylic acid groups (broad SMARTS) is 1. The summed E-state index contributed by atoms with van der Waals surface area (Å²) < 4.78 is 0. The molecule has 21 heavy (non-hydrogen) atoms. The zero-order valence-electron chi connectivity index (χ0n) is 11.6. The first kappa shape index (κ1) is 15.8. The number of amides is 1. The molecule has 0 radical (unpaired) electrons. The van der Waals surface area contributed by atoms with Gasteiger partial charge in [0, 0.05) is 13.1 Å². The second-order valence-electron chi connectivity index (χ2n) is 4.93. The summed E-state index contributed by atoms with van der Waals surface area (Å²) in [4.78, 5) is 24.9. The maximum absolute atomic E-state index is 12.0. The molecule has 1 amide bonds. The molecule has 0 aromatic heterocycles. The molecule has 114 valence electrons. The fourth-order valence-corrected chi connectivity index (χ4v) is 2.43. The first-order valence-electron chi connectivity index (χ1n) is 6.82. The molecule has 0 spiro atoms. The summed E-state index contributed by atoms with van der Waals surface area (Å²) in [7, 11) is 0. The van der Waals surface area contributed by atoms with Crippen LogP contribution in [0.5, 0.6) is 0 Å². The molecule has 0 atom stereocenters. The van der Waals surface area contributed by atoms with Gasteiger partial charge in [0.1, 0.15) is 0 Å². The SMILES string of the molecule is O=C(CN1CCCNCC1)Nc1ccc(C(=O)O)cc1Cl. The average molecular weight is 312 g/mol. The molecule has 7 heteroatoms. The lowest BCUT2D eigenvalue weighted by atomic mass is 10.2. The van der Waals surface area contributed by atoms with Crippen LogP contribution in [-0.2, 0) is 4.79 Å². The summed E-state index contributed by atoms with van der Waals surface area (Å²) in [5, 5.41) is 15.1. The van der Waals surface area contributed by atoms with E-state index in [4.69, 9.17) is 16.7 Å². The number of carboxylic acids is 1. The van der Waals surface area contributed by atoms with Crippen molar-refractivity contribution in [2.75, 3.05) is 38.0 Å². The van der Waals surface area contributed by atoms with E-state index in [1.54, 1.807) is 0 Å². The van der Waals surface area contributed by atoms with Crippen molar-refractivity contribution in [2.45, 2.75) is 6.42 Å². The first-order valence-corrected chi connectivity index (χ1v) is 7.20. The van der Waals surface area contributed by atoms with Gasteiger partial charge in [-0.15, -0.1) is 0 Å². The number of anilines is 1. The van der Waals surface area contributed by atoms with Crippen LogP contribution in [0.4, 0.5) is 5.69 Å². The van der Waals surface area contributed by atoms with Gasteiger partial charge >= 0.3 is 5.97 Å². The summed E-state index contributed by atoms with van der Waals surface area (Å²) in [6.07, 6.45) is 1.02. The van der Waals surface area contributed by atoms with Gasteiger partial charge in [-0.25, -0.2) is 4.79 Å². The molecule has 1 aromatic rings. The molecule has 2 rings (SSSR count). The number of halogens is 1. The van der Waals surface area contributed by atoms with Crippen LogP contribution in [0.2, 0.25) is 5.02 Å². The monoisotopic (exact) mass is 311 g/mol. The van der Waals surface area contributed by atoms with Crippen LogP contribution in [0.1, 0.15) is 16.8 Å². The predicted octanol–water partition coefficient (Wildman–Crippen LogP) is 1.27. The zero-order chi connectivity index (χ0) is 15.2. The normalized spacial score (nSPS) is 16.2. The Labute approximate surface area is 128 Å². The maximum atomic E-state index is 12.0. The van der Waals surface area contributed by atoms with Crippen molar-refractivity contribution in [3.05, 3.63) is 28.8 Å². The van der Waals surface area contributed by atoms with E-state index in [-0.39, 0.29) is 16.5 Å². The van der Waals surface area contributed by atoms with Gasteiger partial charge in [-0.1, -0.05) is 11.6 Å². The van der Waals surface area contributed by atoms with Gasteiger partial charge in [0.05, 0.1) is 22.8 Å². The number of nitrogens with one attached hydrogen (secondary N) is 2. The third-order valence-electron chi connectivity index (χ3n) is 3.29. The topological polar surface area (TPSA) is 81.7 Å². The molecule has 1 aliphatic heterocycles. The molecule has 0 aliphatic carbocycles. The largest absolute Gasteiger partial charge is 0.478 e. The molecule has 1 saturated heterocycles. The van der Waals surface area contributed by atoms with Crippen molar-refractivity contribution in [2.24, 2.45) is 0 Å². The fraction of sp³-hybridized carbons (Fsp3) is 0.429. The second-order valence-corrected chi connectivity index (χ2v) is 5.33. The van der Waals surface area contributed by atoms with Crippen molar-refractivity contribution in [1.29, 1.82) is 0 Å². The standard InChI is InChI=1S/C14H18ClN3O3/c15-11-8-10(14(20)21)2-3-12(11)17-13(19)9-18-6-1-4-16-5-7-18/h2-3,8,16H,1,4-7,9H2,(H,17,19)(H,20,21). The predicted molar refractivity (Wildman–Crippen MR) is 81.0 cm³/mol. The summed E-state index contributed by atoms with van der Waals surface area (Å²) in [5.74, 6) is -1.20. The lowest BCUT2D eigenvalue weighted by molar-refractivity contribution is -0.117. The first-order chi connectivity index (χ1) is 10.1. The lowest BCUT2D eigenvalue weighted by Gasteiger charge is -2.18. The molecular weight excluding hydrogens is 294 g/mol. The van der Waals surface area contributed by atoms with Gasteiger partial charge in [0.15, 0.2) is 0 Å². The van der Waals surface area contributed by atoms with E-state index in [0.717, 1.165) is 32.6 Å². The number of hydrogen-bond acceptors (Lipinski definition) is 4. The molecule has 1 heterocycles. The number of carbonyl (C=O) groups is 2. The number of aromatic carboxylic acids is 1. The van der Waals surface area contributed by atoms with E-state index in [2.05, 4.69) is 15.5 Å². The maximum Gasteiger partial charge on any atom is 0.335 e. The number of rotatable bonds is 4. The van der Waals surface area contributed by atoms with Gasteiger partial charge in [0.25, 0.3) is 0 Å². The van der Waals surface area contributed by atoms with E-state index in [0.29, 0.717) is 12.2 Å². The van der Waals surface area contributed by atoms with E-state index in [1.807, 2.05) is 0 Å². The van der Waals surface area contributed by atoms with E-state index in [9.17, 15) is 9.59 Å². The Morgan fingerprint density at radius 3 is 2.86 bits per heavy atom. The van der Waals surface area contributed by atoms with Gasteiger partial charge in [-0.2, -0.15) is 0 Å². The Bertz CT molecular complexity index is 528. The Morgan fingerprint density at radius 1 is 1.33 bits per heavy atom. The molecule has 0 unspecified atom stereocenters. The highest BCUT2D eigenvalue weighted by molar-refractivity contribution is 6.34. The van der Waals surface area contributed by atoms with E-state index in [1.165, 1.54) is 18.2 Å². The van der Waals surface area contributed by atoms with Gasteiger partial charge in [-0.3, -0.25) is 9.69 Å². The number of hydrogen-bond donors (Lipinski definition) is 3. The minimum absolute atomic E-state index is 0.0941. The van der Waals surface area contributed by atoms with E-state index < -0.39 is 5.97 Å². The van der Waals surface area contributed by atoms with Crippen LogP contribution in [0, 0.1) is 0 Å². The van der Waals surface area contributed by atoms with Crippen LogP contribution in [0.3, 0.4) is 0 Å². The highest BCUT2D eigenvalue weighted by atomic mass is 35.5. The van der Waals surface area contributed by atoms with Crippen LogP contribution in [0.25, 0.3) is 0 Å². The Kier molecular flexibility index (Phi) is 5.55. The van der Waals surface area contributed by atoms with Crippen LogP contribution in [0.15, 0.2) is 18.2 Å². The quantitative estimate of drug-likeness (QED) is 0.780. The number of carbonyl (C=O) groups excluding carboxylic acids is 1. The van der Waals surface area contributed by atoms with Crippen molar-refractivity contribution >= 4 is 29.2 Å². The third-order valence-corrected chi connectivity index (χ3v) is 3.60. The molecule has 0 saturated carbocycles. The molecule has 0 bridgehead atoms. The van der Waals surface area contributed by atoms with Crippen molar-refractivity contribution in [3.8, 4) is 0 Å². The van der Waals surface area contributed by atoms with Gasteiger partial charge < -0.3 is 15.7 Å². The smallest absolute Gasteiger partial charge is 0.335 e. The molecular formula is C14H18ClN3O3. The Balaban J connectivity index is 1.94. The summed E-state index contributed by atoms with van der Waals surface area (Å²) >= 11 is 5.98. The van der Waals surface area contributed by atoms with Gasteiger partial charge in [-0.05, 0) is 37.7 Å². The second kappa shape index (κ2) is 7.40. The lowest BCUT2D eigenvalue weighted by Crippen LogP contribution is -2.35. The Morgan fingerprint density at radius 2 is 2.14 bits per heavy atom. The molecule has 1 fully saturated rings. The van der Waals surface area contributed by atoms with Crippen molar-refractivity contribution < 1.29 is 14.7 Å². The summed E-state index contributed by atoms with van der Waals surface area (Å²) in [6, 6.07) is 4.25. The third kappa shape index (κ3) is 4.70. The molecule has 1 aliphatic rings. The molecule has 1 aromatic carbocycles. The number of benzene rings is 1. The van der Waals surface area contributed by atoms with Crippen molar-refractivity contribution in [3.63, 3.8) is 0 Å². The Hall–Kier alpha value is -1.63. The minimum atomic E-state index is -1.05. The average Bonchev–Trinajstić information content (AvgIpc) is 2.69. The van der Waals surface area contributed by atoms with Crippen LogP contribution in [-0.4, -0.2) is 54.6 Å². The fourth-order valence-electron chi connectivity index (χ4n) is 2.20.